The molecule has 0 saturated carbocycles. The van der Waals surface area contributed by atoms with Crippen LogP contribution in [0.2, 0.25) is 0 Å². The van der Waals surface area contributed by atoms with Crippen molar-refractivity contribution in [3.8, 4) is 11.1 Å². The molecule has 0 unspecified atom stereocenters. The Balaban J connectivity index is 2.62. The first-order chi connectivity index (χ1) is 7.72. The highest BCUT2D eigenvalue weighted by molar-refractivity contribution is 5.80. The zero-order valence-corrected chi connectivity index (χ0v) is 9.53. The second-order valence-electron chi connectivity index (χ2n) is 4.01. The molecule has 0 N–H and O–H groups in total. The predicted octanol–water partition coefficient (Wildman–Crippen LogP) is 3.78. The van der Waals surface area contributed by atoms with Gasteiger partial charge < -0.3 is 0 Å². The third-order valence-corrected chi connectivity index (χ3v) is 2.79. The van der Waals surface area contributed by atoms with E-state index in [4.69, 9.17) is 0 Å². The van der Waals surface area contributed by atoms with Gasteiger partial charge in [0.05, 0.1) is 0 Å². The summed E-state index contributed by atoms with van der Waals surface area (Å²) in [5.41, 5.74) is 5.54. The summed E-state index contributed by atoms with van der Waals surface area (Å²) in [6.45, 7) is 4.19. The van der Waals surface area contributed by atoms with E-state index in [1.54, 1.807) is 0 Å². The summed E-state index contributed by atoms with van der Waals surface area (Å²) in [7, 11) is 0. The molecule has 0 heterocycles. The first-order valence-electron chi connectivity index (χ1n) is 5.34. The van der Waals surface area contributed by atoms with Crippen LogP contribution in [0.4, 0.5) is 0 Å². The van der Waals surface area contributed by atoms with Gasteiger partial charge in [-0.15, -0.1) is 0 Å². The highest BCUT2D eigenvalue weighted by atomic mass is 16.1. The quantitative estimate of drug-likeness (QED) is 0.689. The van der Waals surface area contributed by atoms with Gasteiger partial charge in [0.1, 0.15) is 6.29 Å². The van der Waals surface area contributed by atoms with E-state index >= 15 is 0 Å². The number of aryl methyl sites for hydroxylation is 2. The largest absolute Gasteiger partial charge is 0.298 e. The number of carbonyl (C=O) groups is 1. The molecule has 0 aliphatic rings. The van der Waals surface area contributed by atoms with Crippen LogP contribution in [0.3, 0.4) is 0 Å². The summed E-state index contributed by atoms with van der Waals surface area (Å²) >= 11 is 0. The summed E-state index contributed by atoms with van der Waals surface area (Å²) in [4.78, 5) is 10.8. The van der Waals surface area contributed by atoms with E-state index in [0.717, 1.165) is 17.4 Å². The lowest BCUT2D eigenvalue weighted by Gasteiger charge is -2.10. The SMILES string of the molecule is Cc1cccc(C)c1-c1cccc(C=O)c1. The van der Waals surface area contributed by atoms with Gasteiger partial charge in [0.15, 0.2) is 0 Å². The highest BCUT2D eigenvalue weighted by Gasteiger charge is 2.05. The molecule has 2 aromatic carbocycles. The molecular weight excluding hydrogens is 196 g/mol. The standard InChI is InChI=1S/C15H14O/c1-11-5-3-6-12(2)15(11)14-8-4-7-13(9-14)10-16/h3-10H,1-2H3. The third-order valence-electron chi connectivity index (χ3n) is 2.79. The van der Waals surface area contributed by atoms with Crippen LogP contribution in [0, 0.1) is 13.8 Å². The van der Waals surface area contributed by atoms with E-state index < -0.39 is 0 Å². The summed E-state index contributed by atoms with van der Waals surface area (Å²) in [6, 6.07) is 14.0. The fourth-order valence-corrected chi connectivity index (χ4v) is 2.04. The van der Waals surface area contributed by atoms with Crippen LogP contribution in [-0.4, -0.2) is 6.29 Å². The van der Waals surface area contributed by atoms with Gasteiger partial charge in [0.25, 0.3) is 0 Å². The number of carbonyl (C=O) groups excluding carboxylic acids is 1. The monoisotopic (exact) mass is 210 g/mol. The number of benzene rings is 2. The minimum absolute atomic E-state index is 0.722. The van der Waals surface area contributed by atoms with Crippen LogP contribution >= 0.6 is 0 Å². The number of rotatable bonds is 2. The van der Waals surface area contributed by atoms with E-state index in [1.807, 2.05) is 24.3 Å². The summed E-state index contributed by atoms with van der Waals surface area (Å²) in [5, 5.41) is 0. The zero-order chi connectivity index (χ0) is 11.5. The number of hydrogen-bond acceptors (Lipinski definition) is 1. The van der Waals surface area contributed by atoms with E-state index in [0.29, 0.717) is 0 Å². The van der Waals surface area contributed by atoms with Crippen molar-refractivity contribution in [2.45, 2.75) is 13.8 Å². The van der Waals surface area contributed by atoms with Crippen LogP contribution in [0.25, 0.3) is 11.1 Å². The van der Waals surface area contributed by atoms with Gasteiger partial charge >= 0.3 is 0 Å². The Morgan fingerprint density at radius 2 is 1.56 bits per heavy atom. The molecule has 1 heteroatoms. The van der Waals surface area contributed by atoms with Crippen molar-refractivity contribution >= 4 is 6.29 Å². The molecule has 0 saturated heterocycles. The predicted molar refractivity (Wildman–Crippen MR) is 66.7 cm³/mol. The number of hydrogen-bond donors (Lipinski definition) is 0. The van der Waals surface area contributed by atoms with Gasteiger partial charge in [-0.2, -0.15) is 0 Å². The first kappa shape index (κ1) is 10.6. The maximum absolute atomic E-state index is 10.8. The molecule has 0 spiro atoms. The van der Waals surface area contributed by atoms with E-state index in [-0.39, 0.29) is 0 Å². The maximum Gasteiger partial charge on any atom is 0.150 e. The van der Waals surface area contributed by atoms with Crippen molar-refractivity contribution < 1.29 is 4.79 Å². The van der Waals surface area contributed by atoms with Crippen LogP contribution in [0.15, 0.2) is 42.5 Å². The third kappa shape index (κ3) is 1.89. The fourth-order valence-electron chi connectivity index (χ4n) is 2.04. The second-order valence-corrected chi connectivity index (χ2v) is 4.01. The summed E-state index contributed by atoms with van der Waals surface area (Å²) < 4.78 is 0. The molecule has 1 nitrogen and oxygen atoms in total. The summed E-state index contributed by atoms with van der Waals surface area (Å²) in [6.07, 6.45) is 0.886. The molecule has 2 aromatic rings. The molecule has 0 fully saturated rings. The fraction of sp³-hybridized carbons (Fsp3) is 0.133. The second kappa shape index (κ2) is 4.31. The van der Waals surface area contributed by atoms with Crippen molar-refractivity contribution in [2.75, 3.05) is 0 Å². The van der Waals surface area contributed by atoms with Crippen molar-refractivity contribution in [2.24, 2.45) is 0 Å². The van der Waals surface area contributed by atoms with Gasteiger partial charge in [0, 0.05) is 5.56 Å². The lowest BCUT2D eigenvalue weighted by atomic mass is 9.95. The smallest absolute Gasteiger partial charge is 0.150 e. The van der Waals surface area contributed by atoms with Crippen LogP contribution < -0.4 is 0 Å². The van der Waals surface area contributed by atoms with Crippen molar-refractivity contribution in [3.05, 3.63) is 59.2 Å². The molecule has 0 aliphatic carbocycles. The average molecular weight is 210 g/mol. The normalized spacial score (nSPS) is 10.1. The molecule has 80 valence electrons. The molecule has 2 rings (SSSR count). The topological polar surface area (TPSA) is 17.1 Å². The maximum atomic E-state index is 10.8. The minimum atomic E-state index is 0.722. The molecule has 0 atom stereocenters. The zero-order valence-electron chi connectivity index (χ0n) is 9.53. The van der Waals surface area contributed by atoms with Gasteiger partial charge in [-0.1, -0.05) is 36.4 Å². The lowest BCUT2D eigenvalue weighted by Crippen LogP contribution is -1.89. The molecule has 0 aromatic heterocycles. The molecule has 16 heavy (non-hydrogen) atoms. The Labute approximate surface area is 95.7 Å². The van der Waals surface area contributed by atoms with Gasteiger partial charge in [-0.25, -0.2) is 0 Å². The van der Waals surface area contributed by atoms with Gasteiger partial charge in [-0.05, 0) is 42.2 Å². The Bertz CT molecular complexity index is 506. The van der Waals surface area contributed by atoms with E-state index in [1.165, 1.54) is 16.7 Å². The number of aldehydes is 1. The lowest BCUT2D eigenvalue weighted by molar-refractivity contribution is 0.112. The van der Waals surface area contributed by atoms with Crippen molar-refractivity contribution in [3.63, 3.8) is 0 Å². The van der Waals surface area contributed by atoms with Crippen molar-refractivity contribution in [1.82, 2.24) is 0 Å². The molecular formula is C15H14O. The minimum Gasteiger partial charge on any atom is -0.298 e. The first-order valence-corrected chi connectivity index (χ1v) is 5.34. The van der Waals surface area contributed by atoms with Crippen LogP contribution in [0.1, 0.15) is 21.5 Å². The Hall–Kier alpha value is -1.89. The Morgan fingerprint density at radius 1 is 0.938 bits per heavy atom. The average Bonchev–Trinajstić information content (AvgIpc) is 2.29. The summed E-state index contributed by atoms with van der Waals surface area (Å²) in [5.74, 6) is 0. The Morgan fingerprint density at radius 3 is 2.19 bits per heavy atom. The van der Waals surface area contributed by atoms with Crippen LogP contribution in [-0.2, 0) is 0 Å². The Kier molecular flexibility index (Phi) is 2.86. The van der Waals surface area contributed by atoms with Crippen LogP contribution in [0.5, 0.6) is 0 Å². The molecule has 0 amide bonds. The van der Waals surface area contributed by atoms with Gasteiger partial charge in [0.2, 0.25) is 0 Å². The molecule has 0 aliphatic heterocycles. The van der Waals surface area contributed by atoms with E-state index in [9.17, 15) is 4.79 Å². The molecule has 0 radical (unpaired) electrons. The molecule has 0 bridgehead atoms. The highest BCUT2D eigenvalue weighted by Crippen LogP contribution is 2.27. The van der Waals surface area contributed by atoms with Crippen molar-refractivity contribution in [1.29, 1.82) is 0 Å². The van der Waals surface area contributed by atoms with E-state index in [2.05, 4.69) is 32.0 Å². The van der Waals surface area contributed by atoms with Gasteiger partial charge in [-0.3, -0.25) is 4.79 Å².